The summed E-state index contributed by atoms with van der Waals surface area (Å²) in [6.45, 7) is 0. The number of aromatic hydroxyl groups is 1. The van der Waals surface area contributed by atoms with Crippen molar-refractivity contribution in [3.8, 4) is 11.6 Å². The minimum Gasteiger partial charge on any atom is -0.477 e. The smallest absolute Gasteiger partial charge is 0.350 e. The Morgan fingerprint density at radius 1 is 0.840 bits per heavy atom. The molecule has 0 unspecified atom stereocenters. The molecule has 0 radical (unpaired) electrons. The Bertz CT molecular complexity index is 1090. The third-order valence-corrected chi connectivity index (χ3v) is 4.26. The average molecular weight is 329 g/mol. The second kappa shape index (κ2) is 6.24. The summed E-state index contributed by atoms with van der Waals surface area (Å²) >= 11 is 0. The Labute approximate surface area is 144 Å². The van der Waals surface area contributed by atoms with Crippen molar-refractivity contribution in [3.05, 3.63) is 107 Å². The molecule has 1 N–H and O–H groups in total. The van der Waals surface area contributed by atoms with E-state index < -0.39 is 0 Å². The zero-order valence-corrected chi connectivity index (χ0v) is 13.5. The molecule has 4 rings (SSSR count). The molecule has 0 aliphatic heterocycles. The maximum atomic E-state index is 13.2. The molecular weight excluding hydrogens is 312 g/mol. The number of fused-ring (bicyclic) bond motifs is 1. The number of para-hydroxylation sites is 1. The Balaban J connectivity index is 2.03. The van der Waals surface area contributed by atoms with Crippen molar-refractivity contribution in [2.75, 3.05) is 0 Å². The minimum absolute atomic E-state index is 0.0170. The Morgan fingerprint density at radius 2 is 1.48 bits per heavy atom. The lowest BCUT2D eigenvalue weighted by atomic mass is 10.1. The summed E-state index contributed by atoms with van der Waals surface area (Å²) in [7, 11) is 0. The molecule has 0 saturated carbocycles. The standard InChI is InChI=1S/C21H16N2O2/c24-20-18(15-16-9-3-1-4-10-16)21(25)23(17-11-5-2-6-12-17)19-13-7-8-14-22(19)20/h1-14H,15H2/p+1. The van der Waals surface area contributed by atoms with Gasteiger partial charge in [-0.1, -0.05) is 54.6 Å². The number of rotatable bonds is 3. The van der Waals surface area contributed by atoms with E-state index >= 15 is 0 Å². The van der Waals surface area contributed by atoms with Crippen LogP contribution in [-0.4, -0.2) is 9.67 Å². The van der Waals surface area contributed by atoms with Crippen LogP contribution in [-0.2, 0) is 6.42 Å². The van der Waals surface area contributed by atoms with Crippen molar-refractivity contribution in [1.82, 2.24) is 4.57 Å². The van der Waals surface area contributed by atoms with Crippen molar-refractivity contribution in [2.24, 2.45) is 0 Å². The molecule has 4 nitrogen and oxygen atoms in total. The van der Waals surface area contributed by atoms with Crippen molar-refractivity contribution in [2.45, 2.75) is 6.42 Å². The molecule has 0 amide bonds. The molecule has 0 fully saturated rings. The molecule has 4 aromatic rings. The molecule has 0 bridgehead atoms. The van der Waals surface area contributed by atoms with Gasteiger partial charge in [-0.25, -0.2) is 4.79 Å². The van der Waals surface area contributed by atoms with E-state index in [0.717, 1.165) is 11.3 Å². The van der Waals surface area contributed by atoms with Gasteiger partial charge in [0, 0.05) is 12.5 Å². The van der Waals surface area contributed by atoms with Gasteiger partial charge in [0.1, 0.15) is 11.3 Å². The predicted octanol–water partition coefficient (Wildman–Crippen LogP) is 2.87. The third kappa shape index (κ3) is 2.68. The average Bonchev–Trinajstić information content (AvgIpc) is 2.67. The second-order valence-corrected chi connectivity index (χ2v) is 5.87. The number of benzene rings is 2. The van der Waals surface area contributed by atoms with Gasteiger partial charge in [0.2, 0.25) is 0 Å². The van der Waals surface area contributed by atoms with E-state index in [4.69, 9.17) is 0 Å². The monoisotopic (exact) mass is 329 g/mol. The first kappa shape index (κ1) is 15.1. The van der Waals surface area contributed by atoms with Crippen LogP contribution in [0.15, 0.2) is 89.9 Å². The first-order chi connectivity index (χ1) is 12.3. The highest BCUT2D eigenvalue weighted by Gasteiger charge is 2.24. The van der Waals surface area contributed by atoms with E-state index in [1.54, 1.807) is 15.2 Å². The number of pyridine rings is 1. The van der Waals surface area contributed by atoms with Gasteiger partial charge >= 0.3 is 5.56 Å². The first-order valence-corrected chi connectivity index (χ1v) is 8.12. The van der Waals surface area contributed by atoms with Crippen LogP contribution in [0.5, 0.6) is 5.88 Å². The molecule has 0 spiro atoms. The SMILES string of the molecule is O=c1c(Cc2ccccc2)c(O)[n+]2ccccc2n1-c1ccccc1. The Hall–Kier alpha value is -3.40. The lowest BCUT2D eigenvalue weighted by Crippen LogP contribution is -2.36. The van der Waals surface area contributed by atoms with E-state index in [2.05, 4.69) is 0 Å². The summed E-state index contributed by atoms with van der Waals surface area (Å²) in [5, 5.41) is 10.7. The highest BCUT2D eigenvalue weighted by molar-refractivity contribution is 5.46. The lowest BCUT2D eigenvalue weighted by Gasteiger charge is -2.08. The zero-order valence-electron chi connectivity index (χ0n) is 13.5. The topological polar surface area (TPSA) is 46.3 Å². The number of hydrogen-bond acceptors (Lipinski definition) is 2. The van der Waals surface area contributed by atoms with Crippen molar-refractivity contribution in [1.29, 1.82) is 0 Å². The maximum absolute atomic E-state index is 13.2. The van der Waals surface area contributed by atoms with E-state index in [1.807, 2.05) is 78.9 Å². The van der Waals surface area contributed by atoms with Gasteiger partial charge in [-0.05, 0) is 23.8 Å². The van der Waals surface area contributed by atoms with Crippen LogP contribution in [0.4, 0.5) is 0 Å². The molecule has 4 heteroatoms. The third-order valence-electron chi connectivity index (χ3n) is 4.26. The number of hydrogen-bond donors (Lipinski definition) is 1. The molecule has 0 aliphatic carbocycles. The van der Waals surface area contributed by atoms with Gasteiger partial charge in [0.15, 0.2) is 0 Å². The van der Waals surface area contributed by atoms with Gasteiger partial charge in [-0.3, -0.25) is 0 Å². The van der Waals surface area contributed by atoms with E-state index in [9.17, 15) is 9.90 Å². The van der Waals surface area contributed by atoms with Crippen molar-refractivity contribution < 1.29 is 9.51 Å². The summed E-state index contributed by atoms with van der Waals surface area (Å²) in [4.78, 5) is 13.2. The van der Waals surface area contributed by atoms with Crippen LogP contribution in [0.25, 0.3) is 11.3 Å². The highest BCUT2D eigenvalue weighted by Crippen LogP contribution is 2.16. The maximum Gasteiger partial charge on any atom is 0.350 e. The highest BCUT2D eigenvalue weighted by atomic mass is 16.3. The van der Waals surface area contributed by atoms with Gasteiger partial charge in [0.05, 0.1) is 6.20 Å². The van der Waals surface area contributed by atoms with Crippen LogP contribution in [0.1, 0.15) is 11.1 Å². The molecule has 122 valence electrons. The summed E-state index contributed by atoms with van der Waals surface area (Å²) in [6.07, 6.45) is 2.13. The molecular formula is C21H17N2O2+. The van der Waals surface area contributed by atoms with Gasteiger partial charge in [-0.15, -0.1) is 0 Å². The first-order valence-electron chi connectivity index (χ1n) is 8.12. The van der Waals surface area contributed by atoms with Crippen LogP contribution in [0.2, 0.25) is 0 Å². The van der Waals surface area contributed by atoms with Crippen molar-refractivity contribution >= 4 is 5.65 Å². The zero-order chi connectivity index (χ0) is 17.2. The van der Waals surface area contributed by atoms with Gasteiger partial charge < -0.3 is 5.11 Å². The normalized spacial score (nSPS) is 10.9. The molecule has 25 heavy (non-hydrogen) atoms. The Morgan fingerprint density at radius 3 is 2.20 bits per heavy atom. The largest absolute Gasteiger partial charge is 0.477 e. The lowest BCUT2D eigenvalue weighted by molar-refractivity contribution is -0.527. The summed E-state index contributed by atoms with van der Waals surface area (Å²) in [5.74, 6) is -0.0170. The van der Waals surface area contributed by atoms with Crippen LogP contribution < -0.4 is 9.96 Å². The fourth-order valence-electron chi connectivity index (χ4n) is 3.06. The number of nitrogens with zero attached hydrogens (tertiary/aromatic N) is 2. The molecule has 2 aromatic heterocycles. The van der Waals surface area contributed by atoms with Gasteiger partial charge in [0.25, 0.3) is 11.5 Å². The van der Waals surface area contributed by atoms with E-state index in [0.29, 0.717) is 17.6 Å². The summed E-state index contributed by atoms with van der Waals surface area (Å²) < 4.78 is 3.28. The van der Waals surface area contributed by atoms with Gasteiger partial charge in [-0.2, -0.15) is 8.97 Å². The summed E-state index contributed by atoms with van der Waals surface area (Å²) in [6, 6.07) is 24.7. The number of aromatic nitrogens is 2. The van der Waals surface area contributed by atoms with Crippen LogP contribution in [0.3, 0.4) is 0 Å². The minimum atomic E-state index is -0.209. The molecule has 2 heterocycles. The molecule has 2 aromatic carbocycles. The van der Waals surface area contributed by atoms with E-state index in [1.165, 1.54) is 0 Å². The summed E-state index contributed by atoms with van der Waals surface area (Å²) in [5.41, 5.74) is 2.53. The van der Waals surface area contributed by atoms with Crippen LogP contribution in [0, 0.1) is 0 Å². The fraction of sp³-hybridized carbons (Fsp3) is 0.0476. The predicted molar refractivity (Wildman–Crippen MR) is 96.1 cm³/mol. The molecule has 0 saturated heterocycles. The van der Waals surface area contributed by atoms with Crippen LogP contribution >= 0.6 is 0 Å². The van der Waals surface area contributed by atoms with Crippen molar-refractivity contribution in [3.63, 3.8) is 0 Å². The van der Waals surface area contributed by atoms with E-state index in [-0.39, 0.29) is 11.4 Å². The quantitative estimate of drug-likeness (QED) is 0.588. The molecule has 0 atom stereocenters. The Kier molecular flexibility index (Phi) is 3.78. The second-order valence-electron chi connectivity index (χ2n) is 5.87. The molecule has 0 aliphatic rings. The fourth-order valence-corrected chi connectivity index (χ4v) is 3.06.